The van der Waals surface area contributed by atoms with Crippen LogP contribution in [0.25, 0.3) is 0 Å². The van der Waals surface area contributed by atoms with Crippen molar-refractivity contribution in [3.8, 4) is 0 Å². The highest BCUT2D eigenvalue weighted by molar-refractivity contribution is 7.99. The molecule has 21 heavy (non-hydrogen) atoms. The minimum atomic E-state index is -0.496. The third-order valence-electron chi connectivity index (χ3n) is 2.25. The zero-order valence-electron chi connectivity index (χ0n) is 12.4. The molecule has 1 N–H and O–H groups in total. The van der Waals surface area contributed by atoms with E-state index in [4.69, 9.17) is 4.74 Å². The van der Waals surface area contributed by atoms with Crippen molar-refractivity contribution in [3.63, 3.8) is 0 Å². The zero-order chi connectivity index (χ0) is 15.9. The summed E-state index contributed by atoms with van der Waals surface area (Å²) in [5.74, 6) is -0.403. The van der Waals surface area contributed by atoms with E-state index in [0.29, 0.717) is 5.75 Å². The summed E-state index contributed by atoms with van der Waals surface area (Å²) in [7, 11) is 0. The molecule has 116 valence electrons. The van der Waals surface area contributed by atoms with Crippen molar-refractivity contribution in [2.75, 3.05) is 16.8 Å². The van der Waals surface area contributed by atoms with Gasteiger partial charge >= 0.3 is 5.97 Å². The lowest BCUT2D eigenvalue weighted by Gasteiger charge is -2.19. The van der Waals surface area contributed by atoms with Crippen molar-refractivity contribution in [2.24, 2.45) is 0 Å². The highest BCUT2D eigenvalue weighted by Crippen LogP contribution is 2.14. The molecule has 0 spiro atoms. The van der Waals surface area contributed by atoms with Crippen LogP contribution in [-0.2, 0) is 14.3 Å². The second kappa shape index (κ2) is 8.02. The van der Waals surface area contributed by atoms with Crippen LogP contribution in [0.2, 0.25) is 0 Å². The van der Waals surface area contributed by atoms with Crippen LogP contribution in [0.4, 0.5) is 10.1 Å². The van der Waals surface area contributed by atoms with Crippen molar-refractivity contribution >= 4 is 29.3 Å². The minimum Gasteiger partial charge on any atom is -0.460 e. The van der Waals surface area contributed by atoms with Crippen LogP contribution in [0.15, 0.2) is 24.3 Å². The van der Waals surface area contributed by atoms with E-state index in [1.165, 1.54) is 23.9 Å². The Morgan fingerprint density at radius 2 is 1.95 bits per heavy atom. The molecule has 0 saturated carbocycles. The monoisotopic (exact) mass is 313 g/mol. The lowest BCUT2D eigenvalue weighted by Crippen LogP contribution is -2.24. The first-order valence-electron chi connectivity index (χ1n) is 6.62. The molecule has 1 aromatic rings. The Morgan fingerprint density at radius 3 is 2.57 bits per heavy atom. The van der Waals surface area contributed by atoms with E-state index < -0.39 is 11.4 Å². The second-order valence-corrected chi connectivity index (χ2v) is 6.52. The van der Waals surface area contributed by atoms with Gasteiger partial charge in [-0.3, -0.25) is 9.59 Å². The van der Waals surface area contributed by atoms with Gasteiger partial charge in [-0.05, 0) is 32.9 Å². The average molecular weight is 313 g/mol. The van der Waals surface area contributed by atoms with E-state index in [0.717, 1.165) is 0 Å². The smallest absolute Gasteiger partial charge is 0.307 e. The number of amides is 1. The molecule has 0 atom stereocenters. The number of halogens is 1. The molecule has 0 radical (unpaired) electrons. The summed E-state index contributed by atoms with van der Waals surface area (Å²) in [4.78, 5) is 23.1. The van der Waals surface area contributed by atoms with Crippen LogP contribution in [0.1, 0.15) is 27.2 Å². The second-order valence-electron chi connectivity index (χ2n) is 5.42. The summed E-state index contributed by atoms with van der Waals surface area (Å²) in [6, 6.07) is 5.98. The summed E-state index contributed by atoms with van der Waals surface area (Å²) in [5, 5.41) is 2.49. The van der Waals surface area contributed by atoms with Crippen molar-refractivity contribution < 1.29 is 18.7 Å². The highest BCUT2D eigenvalue weighted by Gasteiger charge is 2.16. The number of benzene rings is 1. The molecule has 0 fully saturated rings. The lowest BCUT2D eigenvalue weighted by molar-refractivity contribution is -0.154. The van der Waals surface area contributed by atoms with Gasteiger partial charge in [0.25, 0.3) is 0 Å². The molecule has 6 heteroatoms. The summed E-state index contributed by atoms with van der Waals surface area (Å²) in [5.41, 5.74) is -0.334. The van der Waals surface area contributed by atoms with Crippen LogP contribution in [0.5, 0.6) is 0 Å². The van der Waals surface area contributed by atoms with Gasteiger partial charge < -0.3 is 10.1 Å². The first-order valence-corrected chi connectivity index (χ1v) is 7.77. The number of anilines is 1. The normalized spacial score (nSPS) is 11.0. The van der Waals surface area contributed by atoms with Crippen LogP contribution in [-0.4, -0.2) is 29.0 Å². The standard InChI is InChI=1S/C15H20FNO3S/c1-15(2,3)20-14(19)8-9-21-10-13(18)17-12-7-5-4-6-11(12)16/h4-7H,8-10H2,1-3H3,(H,17,18). The number of esters is 1. The Morgan fingerprint density at radius 1 is 1.29 bits per heavy atom. The fourth-order valence-electron chi connectivity index (χ4n) is 1.46. The van der Waals surface area contributed by atoms with E-state index in [9.17, 15) is 14.0 Å². The highest BCUT2D eigenvalue weighted by atomic mass is 32.2. The Kier molecular flexibility index (Phi) is 6.68. The summed E-state index contributed by atoms with van der Waals surface area (Å²) in [6.45, 7) is 5.42. The summed E-state index contributed by atoms with van der Waals surface area (Å²) in [6.07, 6.45) is 0.245. The molecule has 4 nitrogen and oxygen atoms in total. The van der Waals surface area contributed by atoms with Gasteiger partial charge in [-0.2, -0.15) is 11.8 Å². The molecule has 1 aromatic carbocycles. The molecule has 0 aliphatic heterocycles. The van der Waals surface area contributed by atoms with E-state index in [1.54, 1.807) is 32.9 Å². The molecule has 0 heterocycles. The number of carbonyl (C=O) groups excluding carboxylic acids is 2. The Labute approximate surface area is 128 Å². The molecule has 1 amide bonds. The summed E-state index contributed by atoms with van der Waals surface area (Å²) >= 11 is 1.31. The predicted molar refractivity (Wildman–Crippen MR) is 82.8 cm³/mol. The molecule has 0 saturated heterocycles. The van der Waals surface area contributed by atoms with Gasteiger partial charge in [-0.1, -0.05) is 12.1 Å². The number of hydrogen-bond acceptors (Lipinski definition) is 4. The fourth-order valence-corrected chi connectivity index (χ4v) is 2.17. The largest absolute Gasteiger partial charge is 0.460 e. The SMILES string of the molecule is CC(C)(C)OC(=O)CCSCC(=O)Nc1ccccc1F. The first kappa shape index (κ1) is 17.5. The molecule has 0 unspecified atom stereocenters. The number of ether oxygens (including phenoxy) is 1. The van der Waals surface area contributed by atoms with Crippen LogP contribution >= 0.6 is 11.8 Å². The van der Waals surface area contributed by atoms with Gasteiger partial charge in [0.1, 0.15) is 11.4 Å². The van der Waals surface area contributed by atoms with Crippen LogP contribution < -0.4 is 5.32 Å². The Hall–Kier alpha value is -1.56. The van der Waals surface area contributed by atoms with E-state index in [1.807, 2.05) is 0 Å². The molecule has 0 aliphatic carbocycles. The zero-order valence-corrected chi connectivity index (χ0v) is 13.3. The van der Waals surface area contributed by atoms with Crippen molar-refractivity contribution in [1.82, 2.24) is 0 Å². The number of carbonyl (C=O) groups is 2. The minimum absolute atomic E-state index is 0.162. The van der Waals surface area contributed by atoms with Gasteiger partial charge in [0.2, 0.25) is 5.91 Å². The average Bonchev–Trinajstić information content (AvgIpc) is 2.35. The number of para-hydroxylation sites is 1. The van der Waals surface area contributed by atoms with Gasteiger partial charge in [0.05, 0.1) is 17.9 Å². The molecule has 0 aliphatic rings. The lowest BCUT2D eigenvalue weighted by atomic mass is 10.2. The Bertz CT molecular complexity index is 500. The first-order chi connectivity index (χ1) is 9.78. The quantitative estimate of drug-likeness (QED) is 0.647. The van der Waals surface area contributed by atoms with E-state index >= 15 is 0 Å². The van der Waals surface area contributed by atoms with E-state index in [2.05, 4.69) is 5.32 Å². The molecule has 0 bridgehead atoms. The fraction of sp³-hybridized carbons (Fsp3) is 0.467. The predicted octanol–water partition coefficient (Wildman–Crippen LogP) is 3.23. The number of hydrogen-bond donors (Lipinski definition) is 1. The van der Waals surface area contributed by atoms with Gasteiger partial charge in [0.15, 0.2) is 0 Å². The molecule has 0 aromatic heterocycles. The third-order valence-corrected chi connectivity index (χ3v) is 3.21. The van der Waals surface area contributed by atoms with Crippen LogP contribution in [0, 0.1) is 5.82 Å². The van der Waals surface area contributed by atoms with E-state index in [-0.39, 0.29) is 29.7 Å². The van der Waals surface area contributed by atoms with Crippen molar-refractivity contribution in [3.05, 3.63) is 30.1 Å². The maximum absolute atomic E-state index is 13.3. The topological polar surface area (TPSA) is 55.4 Å². The van der Waals surface area contributed by atoms with Gasteiger partial charge in [-0.15, -0.1) is 0 Å². The van der Waals surface area contributed by atoms with Crippen molar-refractivity contribution in [2.45, 2.75) is 32.8 Å². The molecular formula is C15H20FNO3S. The molecular weight excluding hydrogens is 293 g/mol. The van der Waals surface area contributed by atoms with Crippen LogP contribution in [0.3, 0.4) is 0 Å². The molecule has 1 rings (SSSR count). The third kappa shape index (κ3) is 7.70. The maximum Gasteiger partial charge on any atom is 0.307 e. The van der Waals surface area contributed by atoms with Crippen molar-refractivity contribution in [1.29, 1.82) is 0 Å². The van der Waals surface area contributed by atoms with Gasteiger partial charge in [-0.25, -0.2) is 4.39 Å². The van der Waals surface area contributed by atoms with Gasteiger partial charge in [0, 0.05) is 5.75 Å². The number of rotatable bonds is 6. The maximum atomic E-state index is 13.3. The summed E-state index contributed by atoms with van der Waals surface area (Å²) < 4.78 is 18.5. The number of thioether (sulfide) groups is 1. The number of nitrogens with one attached hydrogen (secondary N) is 1. The Balaban J connectivity index is 2.23.